The van der Waals surface area contributed by atoms with Gasteiger partial charge >= 0.3 is 0 Å². The maximum atomic E-state index is 5.68. The van der Waals surface area contributed by atoms with Crippen LogP contribution in [0.25, 0.3) is 0 Å². The zero-order chi connectivity index (χ0) is 7.68. The van der Waals surface area contributed by atoms with E-state index < -0.39 is 0 Å². The van der Waals surface area contributed by atoms with Crippen LogP contribution in [0.2, 0.25) is 4.34 Å². The summed E-state index contributed by atoms with van der Waals surface area (Å²) >= 11 is 7.07. The van der Waals surface area contributed by atoms with E-state index in [1.807, 2.05) is 0 Å². The molecule has 1 aromatic rings. The molecule has 0 amide bonds. The Kier molecular flexibility index (Phi) is 2.09. The Morgan fingerprint density at radius 3 is 2.82 bits per heavy atom. The first-order chi connectivity index (χ1) is 5.36. The minimum absolute atomic E-state index is 0.285. The molecule has 0 aromatic carbocycles. The molecule has 0 bridgehead atoms. The van der Waals surface area contributed by atoms with Crippen LogP contribution in [0.1, 0.15) is 11.3 Å². The van der Waals surface area contributed by atoms with E-state index in [2.05, 4.69) is 4.98 Å². The molecule has 1 aliphatic heterocycles. The second-order valence-electron chi connectivity index (χ2n) is 2.08. The van der Waals surface area contributed by atoms with E-state index in [1.54, 1.807) is 6.20 Å². The maximum absolute atomic E-state index is 5.68. The Balaban J connectivity index is 2.15. The first-order valence-electron chi connectivity index (χ1n) is 3.21. The van der Waals surface area contributed by atoms with E-state index in [-0.39, 0.29) is 6.29 Å². The predicted octanol–water partition coefficient (Wildman–Crippen LogP) is 1.84. The summed E-state index contributed by atoms with van der Waals surface area (Å²) in [6.45, 7) is 1.28. The van der Waals surface area contributed by atoms with Crippen molar-refractivity contribution in [1.82, 2.24) is 4.98 Å². The number of rotatable bonds is 1. The summed E-state index contributed by atoms with van der Waals surface area (Å²) in [5.41, 5.74) is 0. The topological polar surface area (TPSA) is 31.4 Å². The van der Waals surface area contributed by atoms with Gasteiger partial charge in [-0.05, 0) is 0 Å². The van der Waals surface area contributed by atoms with Crippen molar-refractivity contribution >= 4 is 22.9 Å². The van der Waals surface area contributed by atoms with Crippen LogP contribution in [0.4, 0.5) is 0 Å². The molecule has 0 saturated carbocycles. The molecule has 1 aliphatic rings. The average Bonchev–Trinajstić information content (AvgIpc) is 2.55. The molecule has 0 aliphatic carbocycles. The highest BCUT2D eigenvalue weighted by atomic mass is 35.5. The fourth-order valence-corrected chi connectivity index (χ4v) is 1.81. The first-order valence-corrected chi connectivity index (χ1v) is 4.40. The van der Waals surface area contributed by atoms with Crippen molar-refractivity contribution in [2.45, 2.75) is 6.29 Å². The minimum Gasteiger partial charge on any atom is -0.344 e. The van der Waals surface area contributed by atoms with Crippen LogP contribution in [0.15, 0.2) is 6.20 Å². The molecule has 0 atom stereocenters. The van der Waals surface area contributed by atoms with Gasteiger partial charge in [-0.15, -0.1) is 11.3 Å². The summed E-state index contributed by atoms with van der Waals surface area (Å²) in [6.07, 6.45) is 1.32. The van der Waals surface area contributed by atoms with E-state index in [4.69, 9.17) is 21.1 Å². The summed E-state index contributed by atoms with van der Waals surface area (Å²) in [5, 5.41) is 0.799. The van der Waals surface area contributed by atoms with Gasteiger partial charge in [-0.25, -0.2) is 4.98 Å². The Labute approximate surface area is 72.9 Å². The van der Waals surface area contributed by atoms with Gasteiger partial charge in [0.1, 0.15) is 4.34 Å². The van der Waals surface area contributed by atoms with Crippen LogP contribution in [0.3, 0.4) is 0 Å². The summed E-state index contributed by atoms with van der Waals surface area (Å²) in [5.74, 6) is 0. The average molecular weight is 192 g/mol. The number of thiazole rings is 1. The second kappa shape index (κ2) is 3.06. The molecule has 5 heteroatoms. The third-order valence-corrected chi connectivity index (χ3v) is 2.46. The van der Waals surface area contributed by atoms with E-state index in [0.717, 1.165) is 5.01 Å². The second-order valence-corrected chi connectivity index (χ2v) is 3.77. The Morgan fingerprint density at radius 2 is 2.27 bits per heavy atom. The molecular weight excluding hydrogens is 186 g/mol. The lowest BCUT2D eigenvalue weighted by Crippen LogP contribution is -1.95. The molecule has 60 valence electrons. The smallest absolute Gasteiger partial charge is 0.211 e. The van der Waals surface area contributed by atoms with Gasteiger partial charge in [0.2, 0.25) is 6.29 Å². The minimum atomic E-state index is -0.285. The van der Waals surface area contributed by atoms with Gasteiger partial charge in [0.15, 0.2) is 5.01 Å². The highest BCUT2D eigenvalue weighted by Crippen LogP contribution is 2.29. The van der Waals surface area contributed by atoms with Crippen molar-refractivity contribution in [1.29, 1.82) is 0 Å². The molecule has 0 radical (unpaired) electrons. The number of ether oxygens (including phenoxy) is 2. The Hall–Kier alpha value is -0.160. The van der Waals surface area contributed by atoms with Crippen molar-refractivity contribution in [3.63, 3.8) is 0 Å². The highest BCUT2D eigenvalue weighted by Gasteiger charge is 2.21. The molecule has 3 nitrogen and oxygen atoms in total. The zero-order valence-electron chi connectivity index (χ0n) is 5.62. The standard InChI is InChI=1S/C6H6ClNO2S/c7-4-3-8-5(11-4)6-9-1-2-10-6/h3,6H,1-2H2. The monoisotopic (exact) mass is 191 g/mol. The Morgan fingerprint density at radius 1 is 1.55 bits per heavy atom. The fraction of sp³-hybridized carbons (Fsp3) is 0.500. The van der Waals surface area contributed by atoms with E-state index in [0.29, 0.717) is 17.6 Å². The lowest BCUT2D eigenvalue weighted by molar-refractivity contribution is -0.0442. The van der Waals surface area contributed by atoms with Gasteiger partial charge in [0, 0.05) is 0 Å². The normalized spacial score (nSPS) is 19.4. The first kappa shape index (κ1) is 7.49. The molecule has 2 rings (SSSR count). The fourth-order valence-electron chi connectivity index (χ4n) is 0.877. The van der Waals surface area contributed by atoms with Crippen LogP contribution in [0.5, 0.6) is 0 Å². The predicted molar refractivity (Wildman–Crippen MR) is 41.8 cm³/mol. The molecule has 2 heterocycles. The number of aromatic nitrogens is 1. The number of nitrogens with zero attached hydrogens (tertiary/aromatic N) is 1. The van der Waals surface area contributed by atoms with Crippen molar-refractivity contribution in [2.75, 3.05) is 13.2 Å². The lowest BCUT2D eigenvalue weighted by Gasteiger charge is -2.02. The largest absolute Gasteiger partial charge is 0.344 e. The maximum Gasteiger partial charge on any atom is 0.211 e. The van der Waals surface area contributed by atoms with Gasteiger partial charge in [-0.2, -0.15) is 0 Å². The van der Waals surface area contributed by atoms with Crippen molar-refractivity contribution in [3.05, 3.63) is 15.5 Å². The van der Waals surface area contributed by atoms with E-state index in [9.17, 15) is 0 Å². The van der Waals surface area contributed by atoms with Crippen molar-refractivity contribution in [2.24, 2.45) is 0 Å². The van der Waals surface area contributed by atoms with Gasteiger partial charge in [-0.1, -0.05) is 11.6 Å². The van der Waals surface area contributed by atoms with Crippen molar-refractivity contribution in [3.8, 4) is 0 Å². The van der Waals surface area contributed by atoms with Crippen LogP contribution in [-0.2, 0) is 9.47 Å². The van der Waals surface area contributed by atoms with Crippen LogP contribution < -0.4 is 0 Å². The lowest BCUT2D eigenvalue weighted by atomic mass is 10.7. The summed E-state index contributed by atoms with van der Waals surface area (Å²) in [6, 6.07) is 0. The molecule has 1 fully saturated rings. The van der Waals surface area contributed by atoms with E-state index >= 15 is 0 Å². The van der Waals surface area contributed by atoms with E-state index in [1.165, 1.54) is 11.3 Å². The van der Waals surface area contributed by atoms with Crippen LogP contribution in [0, 0.1) is 0 Å². The summed E-state index contributed by atoms with van der Waals surface area (Å²) in [4.78, 5) is 4.03. The van der Waals surface area contributed by atoms with Gasteiger partial charge in [-0.3, -0.25) is 0 Å². The van der Waals surface area contributed by atoms with Crippen LogP contribution >= 0.6 is 22.9 Å². The van der Waals surface area contributed by atoms with Gasteiger partial charge in [0.25, 0.3) is 0 Å². The van der Waals surface area contributed by atoms with Gasteiger partial charge < -0.3 is 9.47 Å². The van der Waals surface area contributed by atoms with Crippen LogP contribution in [-0.4, -0.2) is 18.2 Å². The molecule has 11 heavy (non-hydrogen) atoms. The Bertz CT molecular complexity index is 246. The summed E-state index contributed by atoms with van der Waals surface area (Å²) < 4.78 is 11.1. The third kappa shape index (κ3) is 1.54. The van der Waals surface area contributed by atoms with Gasteiger partial charge in [0.05, 0.1) is 19.4 Å². The number of hydrogen-bond acceptors (Lipinski definition) is 4. The number of halogens is 1. The molecule has 1 saturated heterocycles. The van der Waals surface area contributed by atoms with Crippen molar-refractivity contribution < 1.29 is 9.47 Å². The number of hydrogen-bond donors (Lipinski definition) is 0. The highest BCUT2D eigenvalue weighted by molar-refractivity contribution is 7.15. The SMILES string of the molecule is Clc1cnc(C2OCCO2)s1. The molecule has 0 unspecified atom stereocenters. The zero-order valence-corrected chi connectivity index (χ0v) is 7.19. The quantitative estimate of drug-likeness (QED) is 0.679. The molecule has 0 N–H and O–H groups in total. The third-order valence-electron chi connectivity index (χ3n) is 1.32. The molecular formula is C6H6ClNO2S. The molecule has 0 spiro atoms. The molecule has 1 aromatic heterocycles. The summed E-state index contributed by atoms with van der Waals surface area (Å²) in [7, 11) is 0.